The third-order valence-corrected chi connectivity index (χ3v) is 10.2. The molecule has 43 heavy (non-hydrogen) atoms. The number of hydrogen-bond acceptors (Lipinski definition) is 8. The summed E-state index contributed by atoms with van der Waals surface area (Å²) in [5, 5.41) is 5.41. The standard InChI is InChI=1S/C33H47N3O5S2/c1-7-9-16-33(17-10-8-2)22-36(4)25-18-28(42-6)26(19-27(25)43-23-33)41-21-29(37)35-32(3,24-14-12-11-13-15-24)31(39)34-20-30(38)40-5/h11-15,18-19H,7-10,16-17,20-23H2,1-6H3,(H,34,39)(H,35,37). The van der Waals surface area contributed by atoms with Gasteiger partial charge in [-0.3, -0.25) is 14.4 Å². The fraction of sp³-hybridized carbons (Fsp3) is 0.545. The molecule has 1 aliphatic rings. The van der Waals surface area contributed by atoms with Gasteiger partial charge in [0.15, 0.2) is 6.61 Å². The first-order valence-electron chi connectivity index (χ1n) is 15.0. The minimum atomic E-state index is -1.43. The van der Waals surface area contributed by atoms with E-state index < -0.39 is 23.3 Å². The van der Waals surface area contributed by atoms with E-state index in [1.807, 2.05) is 24.1 Å². The van der Waals surface area contributed by atoms with Gasteiger partial charge < -0.3 is 25.0 Å². The molecule has 2 aromatic rings. The summed E-state index contributed by atoms with van der Waals surface area (Å²) in [6.07, 6.45) is 9.31. The molecule has 0 spiro atoms. The molecule has 0 radical (unpaired) electrons. The summed E-state index contributed by atoms with van der Waals surface area (Å²) in [6, 6.07) is 13.2. The number of carbonyl (C=O) groups is 3. The largest absolute Gasteiger partial charge is 0.483 e. The second kappa shape index (κ2) is 16.3. The van der Waals surface area contributed by atoms with E-state index in [0.29, 0.717) is 11.3 Å². The Balaban J connectivity index is 1.79. The monoisotopic (exact) mass is 629 g/mol. The van der Waals surface area contributed by atoms with Gasteiger partial charge in [-0.25, -0.2) is 0 Å². The van der Waals surface area contributed by atoms with Gasteiger partial charge in [0.2, 0.25) is 0 Å². The Kier molecular flexibility index (Phi) is 13.1. The number of anilines is 1. The van der Waals surface area contributed by atoms with E-state index in [0.717, 1.165) is 22.1 Å². The molecule has 0 bridgehead atoms. The molecule has 0 fully saturated rings. The smallest absolute Gasteiger partial charge is 0.325 e. The van der Waals surface area contributed by atoms with Crippen LogP contribution in [0.25, 0.3) is 0 Å². The quantitative estimate of drug-likeness (QED) is 0.183. The maximum atomic E-state index is 13.3. The average molecular weight is 630 g/mol. The van der Waals surface area contributed by atoms with Crippen LogP contribution in [0.5, 0.6) is 5.75 Å². The number of nitrogens with zero attached hydrogens (tertiary/aromatic N) is 1. The molecule has 10 heteroatoms. The van der Waals surface area contributed by atoms with Gasteiger partial charge in [0.25, 0.3) is 11.8 Å². The van der Waals surface area contributed by atoms with Crippen molar-refractivity contribution in [2.75, 3.05) is 50.8 Å². The van der Waals surface area contributed by atoms with Crippen molar-refractivity contribution in [3.63, 3.8) is 0 Å². The Morgan fingerprint density at radius 2 is 1.77 bits per heavy atom. The van der Waals surface area contributed by atoms with Crippen molar-refractivity contribution >= 4 is 47.0 Å². The topological polar surface area (TPSA) is 97.0 Å². The van der Waals surface area contributed by atoms with Crippen LogP contribution < -0.4 is 20.3 Å². The van der Waals surface area contributed by atoms with E-state index in [1.165, 1.54) is 51.3 Å². The number of amides is 2. The highest BCUT2D eigenvalue weighted by Gasteiger charge is 2.38. The number of methoxy groups -OCH3 is 1. The van der Waals surface area contributed by atoms with Crippen LogP contribution in [0.3, 0.4) is 0 Å². The number of benzene rings is 2. The van der Waals surface area contributed by atoms with E-state index in [9.17, 15) is 14.4 Å². The Morgan fingerprint density at radius 1 is 1.09 bits per heavy atom. The second-order valence-corrected chi connectivity index (χ2v) is 13.3. The zero-order valence-corrected chi connectivity index (χ0v) is 28.1. The highest BCUT2D eigenvalue weighted by Crippen LogP contribution is 2.47. The number of ether oxygens (including phenoxy) is 2. The molecule has 1 atom stereocenters. The maximum Gasteiger partial charge on any atom is 0.325 e. The average Bonchev–Trinajstić information content (AvgIpc) is 3.15. The van der Waals surface area contributed by atoms with Crippen LogP contribution in [-0.2, 0) is 24.7 Å². The molecule has 236 valence electrons. The number of rotatable bonds is 15. The van der Waals surface area contributed by atoms with Gasteiger partial charge in [-0.05, 0) is 49.1 Å². The molecule has 0 saturated carbocycles. The van der Waals surface area contributed by atoms with Crippen LogP contribution in [0.1, 0.15) is 64.9 Å². The van der Waals surface area contributed by atoms with Crippen LogP contribution in [0, 0.1) is 5.41 Å². The Morgan fingerprint density at radius 3 is 2.37 bits per heavy atom. The van der Waals surface area contributed by atoms with E-state index >= 15 is 0 Å². The third-order valence-electron chi connectivity index (χ3n) is 8.06. The van der Waals surface area contributed by atoms with Crippen LogP contribution in [0.2, 0.25) is 0 Å². The third kappa shape index (κ3) is 9.08. The SMILES string of the molecule is CCCCC1(CCCC)CSc2cc(OCC(=O)NC(C)(C(=O)NCC(=O)OC)c3ccccc3)c(SC)cc2N(C)C1. The van der Waals surface area contributed by atoms with Crippen molar-refractivity contribution in [3.8, 4) is 5.75 Å². The maximum absolute atomic E-state index is 13.3. The molecule has 8 nitrogen and oxygen atoms in total. The molecule has 1 heterocycles. The summed E-state index contributed by atoms with van der Waals surface area (Å²) in [6.45, 7) is 6.59. The number of hydrogen-bond donors (Lipinski definition) is 2. The molecule has 0 saturated heterocycles. The van der Waals surface area contributed by atoms with Gasteiger partial charge in [-0.1, -0.05) is 69.9 Å². The predicted octanol–water partition coefficient (Wildman–Crippen LogP) is 6.02. The van der Waals surface area contributed by atoms with Crippen LogP contribution in [0.4, 0.5) is 5.69 Å². The fourth-order valence-electron chi connectivity index (χ4n) is 5.50. The predicted molar refractivity (Wildman–Crippen MR) is 176 cm³/mol. The summed E-state index contributed by atoms with van der Waals surface area (Å²) in [5.41, 5.74) is 0.612. The number of unbranched alkanes of at least 4 members (excludes halogenated alkanes) is 2. The normalized spacial score (nSPS) is 15.4. The summed E-state index contributed by atoms with van der Waals surface area (Å²) in [5.74, 6) is 0.140. The number of fused-ring (bicyclic) bond motifs is 1. The van der Waals surface area contributed by atoms with E-state index in [1.54, 1.807) is 43.0 Å². The van der Waals surface area contributed by atoms with Gasteiger partial charge in [-0.2, -0.15) is 0 Å². The number of nitrogens with one attached hydrogen (secondary N) is 2. The molecule has 2 amide bonds. The number of carbonyl (C=O) groups excluding carboxylic acids is 3. The summed E-state index contributed by atoms with van der Waals surface area (Å²) < 4.78 is 10.8. The Hall–Kier alpha value is -2.85. The van der Waals surface area contributed by atoms with E-state index in [-0.39, 0.29) is 18.6 Å². The molecule has 2 N–H and O–H groups in total. The van der Waals surface area contributed by atoms with Crippen molar-refractivity contribution in [3.05, 3.63) is 48.0 Å². The first kappa shape index (κ1) is 34.6. The first-order chi connectivity index (χ1) is 20.6. The number of esters is 1. The van der Waals surface area contributed by atoms with Gasteiger partial charge >= 0.3 is 5.97 Å². The molecular formula is C33H47N3O5S2. The lowest BCUT2D eigenvalue weighted by Crippen LogP contribution is -2.56. The van der Waals surface area contributed by atoms with Crippen LogP contribution in [-0.4, -0.2) is 63.6 Å². The molecule has 0 aliphatic carbocycles. The zero-order chi connectivity index (χ0) is 31.5. The highest BCUT2D eigenvalue weighted by atomic mass is 32.2. The lowest BCUT2D eigenvalue weighted by atomic mass is 9.79. The molecule has 2 aromatic carbocycles. The molecule has 3 rings (SSSR count). The van der Waals surface area contributed by atoms with Gasteiger partial charge in [0.1, 0.15) is 17.8 Å². The van der Waals surface area contributed by atoms with Gasteiger partial charge in [-0.15, -0.1) is 23.5 Å². The van der Waals surface area contributed by atoms with E-state index in [4.69, 9.17) is 4.74 Å². The molecule has 1 aliphatic heterocycles. The molecule has 0 aromatic heterocycles. The lowest BCUT2D eigenvalue weighted by Gasteiger charge is -2.36. The highest BCUT2D eigenvalue weighted by molar-refractivity contribution is 7.99. The minimum Gasteiger partial charge on any atom is -0.483 e. The summed E-state index contributed by atoms with van der Waals surface area (Å²) in [7, 11) is 3.44. The van der Waals surface area contributed by atoms with Crippen molar-refractivity contribution in [1.29, 1.82) is 0 Å². The van der Waals surface area contributed by atoms with Gasteiger partial charge in [0, 0.05) is 24.2 Å². The van der Waals surface area contributed by atoms with Crippen LogP contribution in [0.15, 0.2) is 52.3 Å². The van der Waals surface area contributed by atoms with E-state index in [2.05, 4.69) is 53.3 Å². The summed E-state index contributed by atoms with van der Waals surface area (Å²) in [4.78, 5) is 42.6. The van der Waals surface area contributed by atoms with Gasteiger partial charge in [0.05, 0.1) is 17.7 Å². The lowest BCUT2D eigenvalue weighted by molar-refractivity contribution is -0.142. The van der Waals surface area contributed by atoms with Crippen molar-refractivity contribution in [1.82, 2.24) is 10.6 Å². The van der Waals surface area contributed by atoms with Crippen molar-refractivity contribution < 1.29 is 23.9 Å². The first-order valence-corrected chi connectivity index (χ1v) is 17.2. The second-order valence-electron chi connectivity index (χ2n) is 11.4. The zero-order valence-electron chi connectivity index (χ0n) is 26.4. The Labute approximate surface area is 265 Å². The minimum absolute atomic E-state index is 0.265. The summed E-state index contributed by atoms with van der Waals surface area (Å²) >= 11 is 3.47. The number of thioether (sulfide) groups is 2. The van der Waals surface area contributed by atoms with Crippen molar-refractivity contribution in [2.24, 2.45) is 5.41 Å². The molecular weight excluding hydrogens is 583 g/mol. The van der Waals surface area contributed by atoms with Crippen LogP contribution >= 0.6 is 23.5 Å². The fourth-order valence-corrected chi connectivity index (χ4v) is 7.45. The molecule has 1 unspecified atom stereocenters. The Bertz CT molecular complexity index is 1230. The van der Waals surface area contributed by atoms with Crippen molar-refractivity contribution in [2.45, 2.75) is 74.6 Å².